The lowest BCUT2D eigenvalue weighted by molar-refractivity contribution is 0.0791. The lowest BCUT2D eigenvalue weighted by Crippen LogP contribution is -2.37. The van der Waals surface area contributed by atoms with Crippen molar-refractivity contribution in [1.82, 2.24) is 19.9 Å². The first-order valence-electron chi connectivity index (χ1n) is 8.91. The van der Waals surface area contributed by atoms with Crippen molar-refractivity contribution in [2.45, 2.75) is 12.5 Å². The van der Waals surface area contributed by atoms with Crippen molar-refractivity contribution >= 4 is 17.7 Å². The third kappa shape index (κ3) is 3.75. The van der Waals surface area contributed by atoms with Gasteiger partial charge < -0.3 is 19.9 Å². The molecule has 0 aliphatic carbocycles. The van der Waals surface area contributed by atoms with E-state index in [4.69, 9.17) is 4.74 Å². The number of anilines is 2. The van der Waals surface area contributed by atoms with Crippen molar-refractivity contribution in [3.63, 3.8) is 0 Å². The molecule has 0 aromatic carbocycles. The molecule has 2 aromatic heterocycles. The zero-order valence-electron chi connectivity index (χ0n) is 14.5. The Bertz CT molecular complexity index is 750. The maximum atomic E-state index is 12.5. The van der Waals surface area contributed by atoms with Crippen LogP contribution in [0.2, 0.25) is 0 Å². The van der Waals surface area contributed by atoms with E-state index in [0.29, 0.717) is 25.3 Å². The normalized spacial score (nSPS) is 20.2. The highest BCUT2D eigenvalue weighted by Crippen LogP contribution is 2.18. The van der Waals surface area contributed by atoms with E-state index in [0.717, 1.165) is 37.8 Å². The fraction of sp³-hybridized carbons (Fsp3) is 0.444. The van der Waals surface area contributed by atoms with Gasteiger partial charge in [-0.25, -0.2) is 4.98 Å². The van der Waals surface area contributed by atoms with Crippen LogP contribution in [0.3, 0.4) is 0 Å². The maximum absolute atomic E-state index is 12.5. The molecule has 1 unspecified atom stereocenters. The number of hydrogen-bond donors (Lipinski definition) is 1. The third-order valence-electron chi connectivity index (χ3n) is 4.69. The largest absolute Gasteiger partial charge is 0.378 e. The summed E-state index contributed by atoms with van der Waals surface area (Å²) in [4.78, 5) is 29.5. The fourth-order valence-electron chi connectivity index (χ4n) is 3.29. The number of nitrogens with one attached hydrogen (secondary N) is 1. The lowest BCUT2D eigenvalue weighted by atomic mass is 10.2. The van der Waals surface area contributed by atoms with Gasteiger partial charge in [0.25, 0.3) is 5.91 Å². The molecular weight excluding hydrogens is 332 g/mol. The summed E-state index contributed by atoms with van der Waals surface area (Å²) in [6.45, 7) is 4.42. The first-order valence-corrected chi connectivity index (χ1v) is 8.91. The molecule has 0 radical (unpaired) electrons. The summed E-state index contributed by atoms with van der Waals surface area (Å²) >= 11 is 0. The minimum atomic E-state index is 0.0494. The van der Waals surface area contributed by atoms with Crippen LogP contribution in [-0.4, -0.2) is 71.2 Å². The van der Waals surface area contributed by atoms with Crippen molar-refractivity contribution in [2.24, 2.45) is 0 Å². The summed E-state index contributed by atoms with van der Waals surface area (Å²) in [7, 11) is 0. The molecule has 1 atom stereocenters. The van der Waals surface area contributed by atoms with E-state index in [2.05, 4.69) is 25.2 Å². The molecule has 2 fully saturated rings. The van der Waals surface area contributed by atoms with Gasteiger partial charge in [0.2, 0.25) is 5.95 Å². The van der Waals surface area contributed by atoms with Crippen LogP contribution in [0, 0.1) is 0 Å². The Kier molecular flexibility index (Phi) is 4.92. The number of hydrogen-bond acceptors (Lipinski definition) is 7. The Balaban J connectivity index is 1.37. The van der Waals surface area contributed by atoms with Crippen LogP contribution in [-0.2, 0) is 4.74 Å². The Hall–Kier alpha value is -2.74. The molecule has 8 heteroatoms. The minimum absolute atomic E-state index is 0.0494. The number of likely N-dealkylation sites (tertiary alicyclic amines) is 1. The number of carbonyl (C=O) groups is 1. The zero-order valence-corrected chi connectivity index (χ0v) is 14.5. The number of carbonyl (C=O) groups excluding carboxylic acids is 1. The number of amides is 1. The van der Waals surface area contributed by atoms with Crippen LogP contribution in [0.25, 0.3) is 0 Å². The highest BCUT2D eigenvalue weighted by molar-refractivity contribution is 5.94. The topological polar surface area (TPSA) is 83.5 Å². The quantitative estimate of drug-likeness (QED) is 0.878. The monoisotopic (exact) mass is 354 g/mol. The van der Waals surface area contributed by atoms with Crippen molar-refractivity contribution in [3.8, 4) is 0 Å². The predicted octanol–water partition coefficient (Wildman–Crippen LogP) is 1.03. The summed E-state index contributed by atoms with van der Waals surface area (Å²) in [6, 6.07) is 5.56. The van der Waals surface area contributed by atoms with Crippen molar-refractivity contribution in [3.05, 3.63) is 42.4 Å². The van der Waals surface area contributed by atoms with Crippen molar-refractivity contribution in [1.29, 1.82) is 0 Å². The molecule has 2 aliphatic rings. The van der Waals surface area contributed by atoms with Gasteiger partial charge in [0.05, 0.1) is 13.2 Å². The number of nitrogens with zero attached hydrogens (tertiary/aromatic N) is 5. The number of rotatable bonds is 4. The minimum Gasteiger partial charge on any atom is -0.378 e. The van der Waals surface area contributed by atoms with Crippen LogP contribution in [0.15, 0.2) is 36.8 Å². The van der Waals surface area contributed by atoms with Gasteiger partial charge in [0.1, 0.15) is 5.82 Å². The van der Waals surface area contributed by atoms with Crippen LogP contribution in [0.4, 0.5) is 11.8 Å². The molecule has 8 nitrogen and oxygen atoms in total. The number of ether oxygens (including phenoxy) is 1. The summed E-state index contributed by atoms with van der Waals surface area (Å²) in [5.74, 6) is 1.57. The van der Waals surface area contributed by atoms with Crippen molar-refractivity contribution in [2.75, 3.05) is 49.6 Å². The van der Waals surface area contributed by atoms with Crippen LogP contribution in [0.5, 0.6) is 0 Å². The molecule has 136 valence electrons. The fourth-order valence-corrected chi connectivity index (χ4v) is 3.29. The Labute approximate surface area is 152 Å². The SMILES string of the molecule is O=C(c1ccncc1)N1CCC(Nc2ccnc(N3CCOCC3)n2)C1. The van der Waals surface area contributed by atoms with Gasteiger partial charge in [0, 0.05) is 56.4 Å². The first-order chi connectivity index (χ1) is 12.8. The van der Waals surface area contributed by atoms with Gasteiger partial charge in [0.15, 0.2) is 0 Å². The van der Waals surface area contributed by atoms with E-state index in [9.17, 15) is 4.79 Å². The Morgan fingerprint density at radius 2 is 1.92 bits per heavy atom. The zero-order chi connectivity index (χ0) is 17.8. The second-order valence-corrected chi connectivity index (χ2v) is 6.46. The van der Waals surface area contributed by atoms with Gasteiger partial charge in [-0.2, -0.15) is 4.98 Å². The van der Waals surface area contributed by atoms with E-state index in [-0.39, 0.29) is 11.9 Å². The van der Waals surface area contributed by atoms with Gasteiger partial charge in [-0.1, -0.05) is 0 Å². The molecule has 0 saturated carbocycles. The second-order valence-electron chi connectivity index (χ2n) is 6.46. The van der Waals surface area contributed by atoms with Gasteiger partial charge in [-0.3, -0.25) is 9.78 Å². The smallest absolute Gasteiger partial charge is 0.254 e. The Morgan fingerprint density at radius 3 is 2.73 bits per heavy atom. The lowest BCUT2D eigenvalue weighted by Gasteiger charge is -2.27. The van der Waals surface area contributed by atoms with E-state index in [1.165, 1.54) is 0 Å². The molecular formula is C18H22N6O2. The molecule has 0 spiro atoms. The Morgan fingerprint density at radius 1 is 1.12 bits per heavy atom. The maximum Gasteiger partial charge on any atom is 0.254 e. The van der Waals surface area contributed by atoms with Gasteiger partial charge >= 0.3 is 0 Å². The molecule has 4 heterocycles. The molecule has 2 aromatic rings. The average Bonchev–Trinajstić information content (AvgIpc) is 3.17. The molecule has 4 rings (SSSR count). The van der Waals surface area contributed by atoms with E-state index < -0.39 is 0 Å². The van der Waals surface area contributed by atoms with E-state index in [1.807, 2.05) is 11.0 Å². The summed E-state index contributed by atoms with van der Waals surface area (Å²) in [6.07, 6.45) is 5.96. The van der Waals surface area contributed by atoms with E-state index in [1.54, 1.807) is 30.7 Å². The van der Waals surface area contributed by atoms with Crippen LogP contribution < -0.4 is 10.2 Å². The molecule has 2 aliphatic heterocycles. The number of pyridine rings is 1. The van der Waals surface area contributed by atoms with Gasteiger partial charge in [-0.05, 0) is 24.6 Å². The van der Waals surface area contributed by atoms with Crippen LogP contribution >= 0.6 is 0 Å². The molecule has 1 N–H and O–H groups in total. The number of aromatic nitrogens is 3. The summed E-state index contributed by atoms with van der Waals surface area (Å²) in [5.41, 5.74) is 0.678. The molecule has 0 bridgehead atoms. The summed E-state index contributed by atoms with van der Waals surface area (Å²) < 4.78 is 5.38. The first kappa shape index (κ1) is 16.7. The van der Waals surface area contributed by atoms with Crippen molar-refractivity contribution < 1.29 is 9.53 Å². The highest BCUT2D eigenvalue weighted by atomic mass is 16.5. The molecule has 26 heavy (non-hydrogen) atoms. The average molecular weight is 354 g/mol. The second kappa shape index (κ2) is 7.65. The summed E-state index contributed by atoms with van der Waals surface area (Å²) in [5, 5.41) is 3.44. The van der Waals surface area contributed by atoms with Gasteiger partial charge in [-0.15, -0.1) is 0 Å². The number of morpholine rings is 1. The predicted molar refractivity (Wildman–Crippen MR) is 97.2 cm³/mol. The highest BCUT2D eigenvalue weighted by Gasteiger charge is 2.27. The molecule has 2 saturated heterocycles. The van der Waals surface area contributed by atoms with E-state index >= 15 is 0 Å². The third-order valence-corrected chi connectivity index (χ3v) is 4.69. The molecule has 1 amide bonds. The standard InChI is InChI=1S/C18H22N6O2/c25-17(14-1-5-19-6-2-14)24-8-4-15(13-24)21-16-3-7-20-18(22-16)23-9-11-26-12-10-23/h1-3,5-7,15H,4,8-13H2,(H,20,21,22). The van der Waals surface area contributed by atoms with Crippen LogP contribution in [0.1, 0.15) is 16.8 Å².